The average molecular weight is 939 g/mol. The van der Waals surface area contributed by atoms with Crippen molar-refractivity contribution < 1.29 is 129 Å². The lowest BCUT2D eigenvalue weighted by molar-refractivity contribution is -0.282. The third-order valence-corrected chi connectivity index (χ3v) is 10.0. The van der Waals surface area contributed by atoms with Crippen molar-refractivity contribution >= 4 is 29.8 Å². The lowest BCUT2D eigenvalue weighted by atomic mass is 9.91. The van der Waals surface area contributed by atoms with E-state index in [4.69, 9.17) is 28.4 Å². The Kier molecular flexibility index (Phi) is 11.4. The van der Waals surface area contributed by atoms with E-state index in [-0.39, 0.29) is 0 Å². The molecule has 2 bridgehead atoms. The molecule has 5 aromatic carbocycles. The fourth-order valence-electron chi connectivity index (χ4n) is 6.77. The van der Waals surface area contributed by atoms with E-state index in [2.05, 4.69) is 0 Å². The molecule has 7 rings (SSSR count). The van der Waals surface area contributed by atoms with E-state index >= 15 is 0 Å². The molecule has 0 saturated carbocycles. The van der Waals surface area contributed by atoms with Crippen molar-refractivity contribution in [2.24, 2.45) is 0 Å². The molecule has 0 aliphatic carbocycles. The standard InChI is InChI=1S/C41H30O26/c42-15-1-10(2-16(43)26(15)50)36(57)64-33-23-9-62-39(60)13-7-21(48)29(53)31(55)24(13)25-14(8-22(49)30(54)32(25)56)40(61)67-41(63-23)35(66-38(59)12-5-19(46)28(52)20(47)6-12)34(33)65-37(58)11-3-17(44)27(51)18(45)4-11/h1-8,23,33-35,41-56H,9H2/t23-,33-,34+,35-,41+/m1/s1. The first-order chi connectivity index (χ1) is 31.5. The molecule has 2 aliphatic heterocycles. The van der Waals surface area contributed by atoms with Gasteiger partial charge in [0.25, 0.3) is 0 Å². The molecule has 2 heterocycles. The largest absolute Gasteiger partial charge is 0.504 e. The predicted octanol–water partition coefficient (Wildman–Crippen LogP) is 1.67. The maximum absolute atomic E-state index is 14.3. The van der Waals surface area contributed by atoms with Crippen LogP contribution in [-0.4, -0.2) is 144 Å². The van der Waals surface area contributed by atoms with Crippen LogP contribution < -0.4 is 0 Å². The van der Waals surface area contributed by atoms with Gasteiger partial charge in [0, 0.05) is 11.1 Å². The van der Waals surface area contributed by atoms with Crippen molar-refractivity contribution in [2.45, 2.75) is 30.7 Å². The molecule has 2 aliphatic rings. The smallest absolute Gasteiger partial charge is 0.341 e. The maximum atomic E-state index is 14.3. The molecule has 26 nitrogen and oxygen atoms in total. The molecular formula is C41H30O26. The Morgan fingerprint density at radius 3 is 1.13 bits per heavy atom. The van der Waals surface area contributed by atoms with E-state index in [1.54, 1.807) is 0 Å². The van der Waals surface area contributed by atoms with Gasteiger partial charge in [-0.05, 0) is 48.5 Å². The summed E-state index contributed by atoms with van der Waals surface area (Å²) >= 11 is 0. The Hall–Kier alpha value is -9.59. The van der Waals surface area contributed by atoms with Gasteiger partial charge in [0.05, 0.1) is 27.8 Å². The quantitative estimate of drug-likeness (QED) is 0.0654. The van der Waals surface area contributed by atoms with Crippen LogP contribution in [0.2, 0.25) is 0 Å². The number of carbonyl (C=O) groups excluding carboxylic acids is 5. The summed E-state index contributed by atoms with van der Waals surface area (Å²) in [7, 11) is 0. The number of hydrogen-bond donors (Lipinski definition) is 15. The molecule has 0 unspecified atom stereocenters. The molecule has 1 saturated heterocycles. The van der Waals surface area contributed by atoms with E-state index in [1.807, 2.05) is 0 Å². The van der Waals surface area contributed by atoms with Gasteiger partial charge in [-0.15, -0.1) is 0 Å². The fraction of sp³-hybridized carbons (Fsp3) is 0.146. The van der Waals surface area contributed by atoms with Crippen molar-refractivity contribution in [1.29, 1.82) is 0 Å². The van der Waals surface area contributed by atoms with Gasteiger partial charge in [-0.3, -0.25) is 0 Å². The van der Waals surface area contributed by atoms with Crippen LogP contribution in [-0.2, 0) is 28.4 Å². The fourth-order valence-corrected chi connectivity index (χ4v) is 6.77. The van der Waals surface area contributed by atoms with Crippen molar-refractivity contribution in [2.75, 3.05) is 6.61 Å². The van der Waals surface area contributed by atoms with Crippen LogP contribution in [0.15, 0.2) is 48.5 Å². The van der Waals surface area contributed by atoms with Gasteiger partial charge in [0.2, 0.25) is 23.9 Å². The Balaban J connectivity index is 1.46. The van der Waals surface area contributed by atoms with Crippen LogP contribution in [0.5, 0.6) is 86.2 Å². The van der Waals surface area contributed by atoms with Crippen molar-refractivity contribution in [3.05, 3.63) is 76.3 Å². The Labute approximate surface area is 369 Å². The van der Waals surface area contributed by atoms with Gasteiger partial charge < -0.3 is 105 Å². The molecule has 67 heavy (non-hydrogen) atoms. The molecule has 26 heteroatoms. The topological polar surface area (TPSA) is 444 Å². The molecule has 1 fully saturated rings. The maximum Gasteiger partial charge on any atom is 0.341 e. The van der Waals surface area contributed by atoms with E-state index < -0.39 is 192 Å². The number of esters is 5. The molecule has 0 aromatic heterocycles. The molecular weight excluding hydrogens is 908 g/mol. The number of benzene rings is 5. The van der Waals surface area contributed by atoms with E-state index in [0.29, 0.717) is 48.5 Å². The second-order valence-electron chi connectivity index (χ2n) is 14.3. The van der Waals surface area contributed by atoms with Crippen molar-refractivity contribution in [3.8, 4) is 97.4 Å². The molecule has 0 spiro atoms. The zero-order chi connectivity index (χ0) is 49.1. The lowest BCUT2D eigenvalue weighted by Gasteiger charge is -2.44. The molecule has 5 atom stereocenters. The van der Waals surface area contributed by atoms with Crippen LogP contribution in [0.25, 0.3) is 11.1 Å². The van der Waals surface area contributed by atoms with E-state index in [0.717, 1.165) is 0 Å². The van der Waals surface area contributed by atoms with Gasteiger partial charge in [-0.25, -0.2) is 24.0 Å². The summed E-state index contributed by atoms with van der Waals surface area (Å²) in [6.07, 6.45) is -12.3. The van der Waals surface area contributed by atoms with Gasteiger partial charge in [-0.1, -0.05) is 0 Å². The lowest BCUT2D eigenvalue weighted by Crippen LogP contribution is -2.63. The SMILES string of the molecule is O=C(O[C@@H]1[C@@H](OC(=O)c2cc(O)c(O)c(O)c2)[C@@H]2OC(=O)c3cc(O)c(O)c(O)c3-c3c(cc(O)c(O)c3O)C(=O)OC[C@@H](O2)[C@H]1OC(=O)c1cc(O)c(O)c(O)c1)c1cc(O)c(O)c(O)c1. The van der Waals surface area contributed by atoms with Crippen LogP contribution >= 0.6 is 0 Å². The zero-order valence-electron chi connectivity index (χ0n) is 32.9. The summed E-state index contributed by atoms with van der Waals surface area (Å²) in [5, 5.41) is 155. The second-order valence-corrected chi connectivity index (χ2v) is 14.3. The van der Waals surface area contributed by atoms with Crippen molar-refractivity contribution in [1.82, 2.24) is 0 Å². The third kappa shape index (κ3) is 8.12. The molecule has 5 aromatic rings. The minimum atomic E-state index is -2.60. The number of carbonyl (C=O) groups is 5. The number of phenols is 15. The van der Waals surface area contributed by atoms with Crippen LogP contribution in [0.1, 0.15) is 51.8 Å². The Morgan fingerprint density at radius 1 is 0.418 bits per heavy atom. The monoisotopic (exact) mass is 938 g/mol. The van der Waals surface area contributed by atoms with E-state index in [1.165, 1.54) is 0 Å². The zero-order valence-corrected chi connectivity index (χ0v) is 32.9. The Morgan fingerprint density at radius 2 is 0.746 bits per heavy atom. The van der Waals surface area contributed by atoms with Gasteiger partial charge in [0.1, 0.15) is 12.7 Å². The molecule has 0 amide bonds. The predicted molar refractivity (Wildman–Crippen MR) is 208 cm³/mol. The first kappa shape index (κ1) is 45.4. The highest BCUT2D eigenvalue weighted by atomic mass is 16.7. The summed E-state index contributed by atoms with van der Waals surface area (Å²) in [4.78, 5) is 69.9. The summed E-state index contributed by atoms with van der Waals surface area (Å²) < 4.78 is 33.5. The number of fused-ring (bicyclic) bond motifs is 5. The van der Waals surface area contributed by atoms with E-state index in [9.17, 15) is 101 Å². The van der Waals surface area contributed by atoms with Gasteiger partial charge in [0.15, 0.2) is 87.0 Å². The van der Waals surface area contributed by atoms with Gasteiger partial charge in [-0.2, -0.15) is 0 Å². The molecule has 0 radical (unpaired) electrons. The molecule has 15 N–H and O–H groups in total. The Bertz CT molecular complexity index is 2870. The number of ether oxygens (including phenoxy) is 6. The first-order valence-electron chi connectivity index (χ1n) is 18.5. The van der Waals surface area contributed by atoms with Crippen LogP contribution in [0, 0.1) is 0 Å². The number of cyclic esters (lactones) is 1. The van der Waals surface area contributed by atoms with Crippen LogP contribution in [0.3, 0.4) is 0 Å². The summed E-state index contributed by atoms with van der Waals surface area (Å²) in [6, 6.07) is 4.09. The highest BCUT2D eigenvalue weighted by Crippen LogP contribution is 2.53. The molecule has 350 valence electrons. The highest BCUT2D eigenvalue weighted by Gasteiger charge is 2.55. The number of aromatic hydroxyl groups is 15. The van der Waals surface area contributed by atoms with Gasteiger partial charge >= 0.3 is 29.8 Å². The third-order valence-electron chi connectivity index (χ3n) is 10.0. The number of phenolic OH excluding ortho intramolecular Hbond substituents is 15. The highest BCUT2D eigenvalue weighted by molar-refractivity contribution is 6.08. The van der Waals surface area contributed by atoms with Crippen LogP contribution in [0.4, 0.5) is 0 Å². The minimum absolute atomic E-state index is 0.384. The summed E-state index contributed by atoms with van der Waals surface area (Å²) in [5.74, 6) is -26.7. The van der Waals surface area contributed by atoms with Crippen molar-refractivity contribution in [3.63, 3.8) is 0 Å². The normalized spacial score (nSPS) is 19.0. The second kappa shape index (κ2) is 16.8. The minimum Gasteiger partial charge on any atom is -0.504 e. The average Bonchev–Trinajstić information content (AvgIpc) is 3.27. The summed E-state index contributed by atoms with van der Waals surface area (Å²) in [5.41, 5.74) is -6.75. The first-order valence-corrected chi connectivity index (χ1v) is 18.5. The summed E-state index contributed by atoms with van der Waals surface area (Å²) in [6.45, 7) is -1.28. The number of hydrogen-bond acceptors (Lipinski definition) is 26. The number of rotatable bonds is 6.